The molecule has 0 aliphatic heterocycles. The molecule has 1 aromatic heterocycles. The van der Waals surface area contributed by atoms with Crippen molar-refractivity contribution in [3.63, 3.8) is 0 Å². The average Bonchev–Trinajstić information content (AvgIpc) is 2.53. The first-order chi connectivity index (χ1) is 6.65. The number of halogens is 1. The summed E-state index contributed by atoms with van der Waals surface area (Å²) in [5.74, 6) is 1.49. The van der Waals surface area contributed by atoms with Crippen LogP contribution in [0, 0.1) is 5.92 Å². The Bertz CT molecular complexity index is 273. The Morgan fingerprint density at radius 1 is 1.57 bits per heavy atom. The normalized spacial score (nSPS) is 13.5. The summed E-state index contributed by atoms with van der Waals surface area (Å²) in [6.45, 7) is 5.81. The molecule has 1 unspecified atom stereocenters. The van der Waals surface area contributed by atoms with E-state index in [1.165, 1.54) is 0 Å². The van der Waals surface area contributed by atoms with Gasteiger partial charge >= 0.3 is 0 Å². The zero-order valence-corrected chi connectivity index (χ0v) is 10.2. The first-order valence-corrected chi connectivity index (χ1v) is 5.60. The van der Waals surface area contributed by atoms with Crippen molar-refractivity contribution >= 4 is 15.9 Å². The van der Waals surface area contributed by atoms with Crippen LogP contribution in [-0.4, -0.2) is 13.1 Å². The molecule has 0 aliphatic carbocycles. The highest BCUT2D eigenvalue weighted by molar-refractivity contribution is 9.10. The van der Waals surface area contributed by atoms with Gasteiger partial charge in [0.2, 0.25) is 0 Å². The van der Waals surface area contributed by atoms with Crippen LogP contribution in [0.25, 0.3) is 0 Å². The Morgan fingerprint density at radius 3 is 2.71 bits per heavy atom. The minimum absolute atomic E-state index is 0.0989. The molecular weight excluding hydrogens is 244 g/mol. The zero-order valence-electron chi connectivity index (χ0n) is 8.59. The van der Waals surface area contributed by atoms with Crippen molar-refractivity contribution in [3.05, 3.63) is 22.6 Å². The van der Waals surface area contributed by atoms with E-state index in [-0.39, 0.29) is 6.04 Å². The van der Waals surface area contributed by atoms with Crippen LogP contribution in [0.4, 0.5) is 0 Å². The van der Waals surface area contributed by atoms with E-state index in [1.807, 2.05) is 6.07 Å². The van der Waals surface area contributed by atoms with Crippen molar-refractivity contribution < 1.29 is 4.42 Å². The second-order valence-electron chi connectivity index (χ2n) is 3.72. The largest absolute Gasteiger partial charge is 0.466 e. The standard InChI is InChI=1S/C10H17BrN2O/c1-7(2)6-13-9(5-12)10-8(11)3-4-14-10/h3-4,7,9,13H,5-6,12H2,1-2H3. The van der Waals surface area contributed by atoms with E-state index in [0.717, 1.165) is 16.8 Å². The Hall–Kier alpha value is -0.320. The van der Waals surface area contributed by atoms with Gasteiger partial charge in [-0.1, -0.05) is 13.8 Å². The highest BCUT2D eigenvalue weighted by Gasteiger charge is 2.15. The third-order valence-corrected chi connectivity index (χ3v) is 2.62. The summed E-state index contributed by atoms with van der Waals surface area (Å²) in [5, 5.41) is 3.36. The molecule has 1 heterocycles. The lowest BCUT2D eigenvalue weighted by Gasteiger charge is -2.16. The molecule has 1 rings (SSSR count). The van der Waals surface area contributed by atoms with Crippen LogP contribution >= 0.6 is 15.9 Å². The molecule has 0 bridgehead atoms. The van der Waals surface area contributed by atoms with Crippen LogP contribution in [0.2, 0.25) is 0 Å². The molecule has 80 valence electrons. The predicted octanol–water partition coefficient (Wildman–Crippen LogP) is 2.29. The lowest BCUT2D eigenvalue weighted by Crippen LogP contribution is -2.30. The highest BCUT2D eigenvalue weighted by Crippen LogP contribution is 2.23. The molecule has 0 radical (unpaired) electrons. The maximum atomic E-state index is 5.68. The predicted molar refractivity (Wildman–Crippen MR) is 61.0 cm³/mol. The molecule has 14 heavy (non-hydrogen) atoms. The summed E-state index contributed by atoms with van der Waals surface area (Å²) in [5.41, 5.74) is 5.68. The van der Waals surface area contributed by atoms with E-state index in [0.29, 0.717) is 12.5 Å². The third kappa shape index (κ3) is 3.12. The molecule has 1 atom stereocenters. The van der Waals surface area contributed by atoms with Gasteiger partial charge < -0.3 is 15.5 Å². The van der Waals surface area contributed by atoms with Gasteiger partial charge in [0.15, 0.2) is 0 Å². The number of furan rings is 1. The van der Waals surface area contributed by atoms with Crippen LogP contribution in [0.15, 0.2) is 21.2 Å². The van der Waals surface area contributed by atoms with Crippen LogP contribution in [0.3, 0.4) is 0 Å². The molecule has 0 fully saturated rings. The monoisotopic (exact) mass is 260 g/mol. The molecule has 0 aromatic carbocycles. The van der Waals surface area contributed by atoms with Crippen LogP contribution < -0.4 is 11.1 Å². The lowest BCUT2D eigenvalue weighted by molar-refractivity contribution is 0.397. The summed E-state index contributed by atoms with van der Waals surface area (Å²) < 4.78 is 6.34. The third-order valence-electron chi connectivity index (χ3n) is 1.97. The topological polar surface area (TPSA) is 51.2 Å². The van der Waals surface area contributed by atoms with E-state index < -0.39 is 0 Å². The van der Waals surface area contributed by atoms with Crippen molar-refractivity contribution in [1.82, 2.24) is 5.32 Å². The summed E-state index contributed by atoms with van der Waals surface area (Å²) in [7, 11) is 0. The first-order valence-electron chi connectivity index (χ1n) is 4.81. The maximum Gasteiger partial charge on any atom is 0.136 e. The van der Waals surface area contributed by atoms with Gasteiger partial charge in [-0.15, -0.1) is 0 Å². The van der Waals surface area contributed by atoms with Gasteiger partial charge in [-0.05, 0) is 34.5 Å². The summed E-state index contributed by atoms with van der Waals surface area (Å²) in [6.07, 6.45) is 1.67. The summed E-state index contributed by atoms with van der Waals surface area (Å²) in [6, 6.07) is 1.98. The van der Waals surface area contributed by atoms with E-state index in [2.05, 4.69) is 35.1 Å². The SMILES string of the molecule is CC(C)CNC(CN)c1occc1Br. The molecule has 0 spiro atoms. The second kappa shape index (κ2) is 5.53. The van der Waals surface area contributed by atoms with Gasteiger partial charge in [-0.25, -0.2) is 0 Å². The van der Waals surface area contributed by atoms with Gasteiger partial charge in [0.1, 0.15) is 5.76 Å². The van der Waals surface area contributed by atoms with Crippen molar-refractivity contribution in [2.75, 3.05) is 13.1 Å². The number of hydrogen-bond acceptors (Lipinski definition) is 3. The molecule has 4 heteroatoms. The number of rotatable bonds is 5. The fourth-order valence-corrected chi connectivity index (χ4v) is 1.69. The van der Waals surface area contributed by atoms with Gasteiger partial charge in [0.25, 0.3) is 0 Å². The molecular formula is C10H17BrN2O. The van der Waals surface area contributed by atoms with E-state index in [9.17, 15) is 0 Å². The molecule has 3 nitrogen and oxygen atoms in total. The molecule has 0 aliphatic rings. The van der Waals surface area contributed by atoms with Crippen molar-refractivity contribution in [2.45, 2.75) is 19.9 Å². The maximum absolute atomic E-state index is 5.68. The fraction of sp³-hybridized carbons (Fsp3) is 0.600. The van der Waals surface area contributed by atoms with Crippen molar-refractivity contribution in [1.29, 1.82) is 0 Å². The second-order valence-corrected chi connectivity index (χ2v) is 4.58. The van der Waals surface area contributed by atoms with Crippen LogP contribution in [-0.2, 0) is 0 Å². The van der Waals surface area contributed by atoms with Crippen molar-refractivity contribution in [3.8, 4) is 0 Å². The molecule has 0 amide bonds. The average molecular weight is 261 g/mol. The van der Waals surface area contributed by atoms with E-state index >= 15 is 0 Å². The zero-order chi connectivity index (χ0) is 10.6. The smallest absolute Gasteiger partial charge is 0.136 e. The van der Waals surface area contributed by atoms with Gasteiger partial charge in [0.05, 0.1) is 16.8 Å². The molecule has 0 saturated carbocycles. The Labute approximate surface area is 93.2 Å². The number of hydrogen-bond donors (Lipinski definition) is 2. The summed E-state index contributed by atoms with van der Waals surface area (Å²) in [4.78, 5) is 0. The Morgan fingerprint density at radius 2 is 2.29 bits per heavy atom. The highest BCUT2D eigenvalue weighted by atomic mass is 79.9. The quantitative estimate of drug-likeness (QED) is 0.855. The van der Waals surface area contributed by atoms with Gasteiger partial charge in [-0.2, -0.15) is 0 Å². The Kier molecular flexibility index (Phi) is 4.65. The summed E-state index contributed by atoms with van der Waals surface area (Å²) >= 11 is 3.43. The van der Waals surface area contributed by atoms with E-state index in [1.54, 1.807) is 6.26 Å². The van der Waals surface area contributed by atoms with Crippen LogP contribution in [0.5, 0.6) is 0 Å². The first kappa shape index (κ1) is 11.8. The molecule has 1 aromatic rings. The van der Waals surface area contributed by atoms with Crippen LogP contribution in [0.1, 0.15) is 25.6 Å². The van der Waals surface area contributed by atoms with Crippen molar-refractivity contribution in [2.24, 2.45) is 11.7 Å². The number of nitrogens with one attached hydrogen (secondary N) is 1. The van der Waals surface area contributed by atoms with E-state index in [4.69, 9.17) is 10.2 Å². The number of nitrogens with two attached hydrogens (primary N) is 1. The van der Waals surface area contributed by atoms with Gasteiger partial charge in [0, 0.05) is 6.54 Å². The Balaban J connectivity index is 2.58. The molecule has 0 saturated heterocycles. The minimum Gasteiger partial charge on any atom is -0.466 e. The minimum atomic E-state index is 0.0989. The molecule has 3 N–H and O–H groups in total. The van der Waals surface area contributed by atoms with Gasteiger partial charge in [-0.3, -0.25) is 0 Å². The lowest BCUT2D eigenvalue weighted by atomic mass is 10.2. The fourth-order valence-electron chi connectivity index (χ4n) is 1.22.